The third kappa shape index (κ3) is 5.91. The Bertz CT molecular complexity index is 430. The summed E-state index contributed by atoms with van der Waals surface area (Å²) in [4.78, 5) is 22.4. The van der Waals surface area contributed by atoms with Crippen LogP contribution in [0.4, 0.5) is 4.79 Å². The van der Waals surface area contributed by atoms with Crippen LogP contribution in [0.2, 0.25) is 0 Å². The summed E-state index contributed by atoms with van der Waals surface area (Å²) < 4.78 is 21.8. The largest absolute Gasteiger partial charge is 0.480 e. The minimum Gasteiger partial charge on any atom is -0.480 e. The first-order chi connectivity index (χ1) is 8.51. The highest BCUT2D eigenvalue weighted by Crippen LogP contribution is 2.13. The van der Waals surface area contributed by atoms with Crippen molar-refractivity contribution >= 4 is 21.8 Å². The fraction of sp³-hybridized carbons (Fsp3) is 0.818. The summed E-state index contributed by atoms with van der Waals surface area (Å²) >= 11 is 0. The van der Waals surface area contributed by atoms with Crippen molar-refractivity contribution in [3.63, 3.8) is 0 Å². The second-order valence-corrected chi connectivity index (χ2v) is 7.69. The van der Waals surface area contributed by atoms with Crippen LogP contribution in [0.5, 0.6) is 0 Å². The highest BCUT2D eigenvalue weighted by Gasteiger charge is 2.31. The lowest BCUT2D eigenvalue weighted by molar-refractivity contribution is -0.139. The number of aliphatic carboxylic acids is 1. The first-order valence-electron chi connectivity index (χ1n) is 5.98. The van der Waals surface area contributed by atoms with Crippen LogP contribution in [0, 0.1) is 0 Å². The molecule has 0 saturated heterocycles. The molecule has 7 nitrogen and oxygen atoms in total. The van der Waals surface area contributed by atoms with Gasteiger partial charge in [-0.2, -0.15) is 0 Å². The molecule has 0 spiro atoms. The van der Waals surface area contributed by atoms with Crippen LogP contribution in [0.15, 0.2) is 0 Å². The second-order valence-electron chi connectivity index (χ2n) is 5.04. The van der Waals surface area contributed by atoms with Gasteiger partial charge in [0.1, 0.15) is 6.04 Å². The minimum absolute atomic E-state index is 0.0872. The molecule has 0 rings (SSSR count). The van der Waals surface area contributed by atoms with E-state index in [-0.39, 0.29) is 6.54 Å². The third-order valence-electron chi connectivity index (χ3n) is 2.86. The lowest BCUT2D eigenvalue weighted by atomic mass is 10.2. The first-order valence-corrected chi connectivity index (χ1v) is 7.87. The zero-order valence-corrected chi connectivity index (χ0v) is 12.5. The molecule has 2 amide bonds. The Hall–Kier alpha value is -1.31. The topological polar surface area (TPSA) is 113 Å². The van der Waals surface area contributed by atoms with Crippen LogP contribution in [0.1, 0.15) is 33.6 Å². The van der Waals surface area contributed by atoms with Crippen molar-refractivity contribution in [2.45, 2.75) is 44.4 Å². The Morgan fingerprint density at radius 1 is 1.32 bits per heavy atom. The fourth-order valence-corrected chi connectivity index (χ4v) is 1.51. The van der Waals surface area contributed by atoms with Gasteiger partial charge in [0.05, 0.1) is 4.75 Å². The van der Waals surface area contributed by atoms with Crippen LogP contribution in [0.25, 0.3) is 0 Å². The Labute approximate surface area is 113 Å². The molecule has 0 unspecified atom stereocenters. The molecule has 0 aromatic heterocycles. The number of nitrogens with one attached hydrogen (secondary N) is 2. The summed E-state index contributed by atoms with van der Waals surface area (Å²) in [6.07, 6.45) is 2.02. The molecule has 0 heterocycles. The maximum atomic E-state index is 11.5. The molecule has 8 heteroatoms. The van der Waals surface area contributed by atoms with E-state index in [1.807, 2.05) is 6.92 Å². The molecular weight excluding hydrogens is 272 g/mol. The Balaban J connectivity index is 4.44. The molecule has 0 saturated carbocycles. The quantitative estimate of drug-likeness (QED) is 0.627. The number of carbonyl (C=O) groups is 2. The average Bonchev–Trinajstić information content (AvgIpc) is 2.24. The average molecular weight is 294 g/mol. The standard InChI is InChI=1S/C11H22N2O5S/c1-5-6-8(9(14)15)13-10(16)12-7-11(2,3)19(4,17)18/h8H,5-7H2,1-4H3,(H,14,15)(H2,12,13,16)/t8-/m0/s1. The normalized spacial score (nSPS) is 13.7. The molecule has 3 N–H and O–H groups in total. The van der Waals surface area contributed by atoms with Crippen molar-refractivity contribution < 1.29 is 23.1 Å². The lowest BCUT2D eigenvalue weighted by Crippen LogP contribution is -2.50. The minimum atomic E-state index is -3.31. The number of carbonyl (C=O) groups excluding carboxylic acids is 1. The van der Waals surface area contributed by atoms with Gasteiger partial charge in [-0.15, -0.1) is 0 Å². The first kappa shape index (κ1) is 17.7. The molecule has 19 heavy (non-hydrogen) atoms. The van der Waals surface area contributed by atoms with Gasteiger partial charge in [-0.05, 0) is 20.3 Å². The van der Waals surface area contributed by atoms with E-state index in [1.165, 1.54) is 13.8 Å². The molecule has 0 radical (unpaired) electrons. The van der Waals surface area contributed by atoms with E-state index < -0.39 is 32.6 Å². The molecule has 1 atom stereocenters. The number of hydrogen-bond donors (Lipinski definition) is 3. The van der Waals surface area contributed by atoms with Gasteiger partial charge >= 0.3 is 12.0 Å². The fourth-order valence-electron chi connectivity index (χ4n) is 1.18. The van der Waals surface area contributed by atoms with E-state index in [1.54, 1.807) is 0 Å². The number of rotatable bonds is 7. The van der Waals surface area contributed by atoms with Crippen molar-refractivity contribution in [1.29, 1.82) is 0 Å². The van der Waals surface area contributed by atoms with Crippen molar-refractivity contribution in [1.82, 2.24) is 10.6 Å². The Kier molecular flexibility index (Phi) is 6.28. The third-order valence-corrected chi connectivity index (χ3v) is 5.01. The molecule has 0 fully saturated rings. The van der Waals surface area contributed by atoms with Crippen molar-refractivity contribution in [3.8, 4) is 0 Å². The second kappa shape index (κ2) is 6.74. The van der Waals surface area contributed by atoms with Gasteiger partial charge in [0.25, 0.3) is 0 Å². The molecule has 0 aliphatic carbocycles. The summed E-state index contributed by atoms with van der Waals surface area (Å²) in [6, 6.07) is -1.65. The van der Waals surface area contributed by atoms with Gasteiger partial charge in [-0.25, -0.2) is 18.0 Å². The predicted octanol–water partition coefficient (Wildman–Crippen LogP) is 0.362. The van der Waals surface area contributed by atoms with Gasteiger partial charge in [0, 0.05) is 12.8 Å². The summed E-state index contributed by atoms with van der Waals surface area (Å²) in [5, 5.41) is 13.5. The predicted molar refractivity (Wildman–Crippen MR) is 71.8 cm³/mol. The van der Waals surface area contributed by atoms with Gasteiger partial charge in [0.15, 0.2) is 9.84 Å². The molecule has 112 valence electrons. The summed E-state index contributed by atoms with van der Waals surface area (Å²) in [5.74, 6) is -1.11. The van der Waals surface area contributed by atoms with E-state index in [9.17, 15) is 18.0 Å². The van der Waals surface area contributed by atoms with Gasteiger partial charge in [-0.3, -0.25) is 0 Å². The maximum Gasteiger partial charge on any atom is 0.326 e. The lowest BCUT2D eigenvalue weighted by Gasteiger charge is -2.23. The Morgan fingerprint density at radius 3 is 2.21 bits per heavy atom. The summed E-state index contributed by atoms with van der Waals surface area (Å²) in [5.41, 5.74) is 0. The number of urea groups is 1. The van der Waals surface area contributed by atoms with Crippen molar-refractivity contribution in [2.24, 2.45) is 0 Å². The van der Waals surface area contributed by atoms with Crippen LogP contribution in [-0.4, -0.2) is 49.1 Å². The van der Waals surface area contributed by atoms with Gasteiger partial charge in [0.2, 0.25) is 0 Å². The van der Waals surface area contributed by atoms with Crippen molar-refractivity contribution in [3.05, 3.63) is 0 Å². The number of hydrogen-bond acceptors (Lipinski definition) is 4. The molecule has 0 aliphatic heterocycles. The SMILES string of the molecule is CCC[C@H](NC(=O)NCC(C)(C)S(C)(=O)=O)C(=O)O. The monoisotopic (exact) mass is 294 g/mol. The molecule has 0 aromatic rings. The van der Waals surface area contributed by atoms with Crippen LogP contribution < -0.4 is 10.6 Å². The van der Waals surface area contributed by atoms with E-state index >= 15 is 0 Å². The number of carboxylic acid groups (broad SMARTS) is 1. The van der Waals surface area contributed by atoms with Crippen molar-refractivity contribution in [2.75, 3.05) is 12.8 Å². The zero-order valence-electron chi connectivity index (χ0n) is 11.7. The smallest absolute Gasteiger partial charge is 0.326 e. The van der Waals surface area contributed by atoms with E-state index in [4.69, 9.17) is 5.11 Å². The van der Waals surface area contributed by atoms with Gasteiger partial charge < -0.3 is 15.7 Å². The highest BCUT2D eigenvalue weighted by molar-refractivity contribution is 7.92. The maximum absolute atomic E-state index is 11.5. The van der Waals surface area contributed by atoms with E-state index in [0.29, 0.717) is 12.8 Å². The summed E-state index contributed by atoms with van der Waals surface area (Å²) in [6.45, 7) is 4.70. The molecule has 0 aliphatic rings. The Morgan fingerprint density at radius 2 is 1.84 bits per heavy atom. The molecule has 0 aromatic carbocycles. The van der Waals surface area contributed by atoms with E-state index in [2.05, 4.69) is 10.6 Å². The highest BCUT2D eigenvalue weighted by atomic mass is 32.2. The molecular formula is C11H22N2O5S. The molecule has 0 bridgehead atoms. The number of amides is 2. The zero-order chi connectivity index (χ0) is 15.3. The summed E-state index contributed by atoms with van der Waals surface area (Å²) in [7, 11) is -3.31. The number of sulfone groups is 1. The number of carboxylic acids is 1. The van der Waals surface area contributed by atoms with Crippen LogP contribution in [-0.2, 0) is 14.6 Å². The van der Waals surface area contributed by atoms with Crippen LogP contribution in [0.3, 0.4) is 0 Å². The van der Waals surface area contributed by atoms with Gasteiger partial charge in [-0.1, -0.05) is 13.3 Å². The van der Waals surface area contributed by atoms with E-state index in [0.717, 1.165) is 6.26 Å². The van der Waals surface area contributed by atoms with Crippen LogP contribution >= 0.6 is 0 Å².